The van der Waals surface area contributed by atoms with Crippen LogP contribution in [0, 0.1) is 6.92 Å². The summed E-state index contributed by atoms with van der Waals surface area (Å²) in [4.78, 5) is 5.16. The third-order valence-corrected chi connectivity index (χ3v) is 3.98. The molecule has 0 bridgehead atoms. The molecule has 0 aliphatic carbocycles. The van der Waals surface area contributed by atoms with E-state index in [1.165, 1.54) is 0 Å². The molecule has 0 aromatic carbocycles. The molecular formula is C11H13ClN2OS. The Bertz CT molecular complexity index is 478. The first-order valence-electron chi connectivity index (χ1n) is 5.11. The Morgan fingerprint density at radius 1 is 1.56 bits per heavy atom. The monoisotopic (exact) mass is 256 g/mol. The second-order valence-corrected chi connectivity index (χ2v) is 4.83. The molecule has 0 atom stereocenters. The molecule has 2 heterocycles. The van der Waals surface area contributed by atoms with Crippen molar-refractivity contribution in [2.75, 3.05) is 6.54 Å². The van der Waals surface area contributed by atoms with Gasteiger partial charge in [-0.15, -0.1) is 11.3 Å². The van der Waals surface area contributed by atoms with Crippen LogP contribution in [0.4, 0.5) is 0 Å². The Hall–Kier alpha value is -0.840. The minimum absolute atomic E-state index is 0.649. The molecule has 0 unspecified atom stereocenters. The van der Waals surface area contributed by atoms with Crippen molar-refractivity contribution in [3.8, 4) is 10.6 Å². The lowest BCUT2D eigenvalue weighted by Crippen LogP contribution is -2.00. The lowest BCUT2D eigenvalue weighted by atomic mass is 10.3. The van der Waals surface area contributed by atoms with Gasteiger partial charge < -0.3 is 10.2 Å². The summed E-state index contributed by atoms with van der Waals surface area (Å²) in [6, 6.07) is 0. The maximum atomic E-state index is 6.16. The first kappa shape index (κ1) is 11.6. The molecular weight excluding hydrogens is 244 g/mol. The summed E-state index contributed by atoms with van der Waals surface area (Å²) in [6.45, 7) is 2.63. The number of rotatable bonds is 4. The second-order valence-electron chi connectivity index (χ2n) is 3.57. The van der Waals surface area contributed by atoms with Crippen LogP contribution in [-0.2, 0) is 6.42 Å². The van der Waals surface area contributed by atoms with Gasteiger partial charge >= 0.3 is 0 Å². The second kappa shape index (κ2) is 4.99. The lowest BCUT2D eigenvalue weighted by molar-refractivity contribution is 0.500. The SMILES string of the molecule is Cc1csc(-c2cnc(CCCN)o2)c1Cl. The molecule has 2 aromatic rings. The Kier molecular flexibility index (Phi) is 3.63. The van der Waals surface area contributed by atoms with Crippen molar-refractivity contribution in [1.82, 2.24) is 4.98 Å². The average Bonchev–Trinajstić information content (AvgIpc) is 2.85. The Labute approximate surface area is 103 Å². The Balaban J connectivity index is 2.21. The van der Waals surface area contributed by atoms with Crippen molar-refractivity contribution in [3.63, 3.8) is 0 Å². The molecule has 0 spiro atoms. The molecule has 2 aromatic heterocycles. The zero-order valence-electron chi connectivity index (χ0n) is 9.00. The molecule has 16 heavy (non-hydrogen) atoms. The van der Waals surface area contributed by atoms with Gasteiger partial charge in [0.2, 0.25) is 0 Å². The highest BCUT2D eigenvalue weighted by Crippen LogP contribution is 2.36. The average molecular weight is 257 g/mol. The largest absolute Gasteiger partial charge is 0.440 e. The minimum atomic E-state index is 0.649. The van der Waals surface area contributed by atoms with Gasteiger partial charge in [0.25, 0.3) is 0 Å². The molecule has 3 nitrogen and oxygen atoms in total. The number of aryl methyl sites for hydroxylation is 2. The Morgan fingerprint density at radius 3 is 3.00 bits per heavy atom. The predicted octanol–water partition coefficient (Wildman–Crippen LogP) is 3.26. The van der Waals surface area contributed by atoms with E-state index in [9.17, 15) is 0 Å². The van der Waals surface area contributed by atoms with Gasteiger partial charge in [-0.25, -0.2) is 4.98 Å². The van der Waals surface area contributed by atoms with Crippen LogP contribution < -0.4 is 5.73 Å². The summed E-state index contributed by atoms with van der Waals surface area (Å²) in [7, 11) is 0. The maximum Gasteiger partial charge on any atom is 0.194 e. The molecule has 0 saturated carbocycles. The molecule has 5 heteroatoms. The normalized spacial score (nSPS) is 10.9. The number of hydrogen-bond donors (Lipinski definition) is 1. The molecule has 86 valence electrons. The number of nitrogens with zero attached hydrogens (tertiary/aromatic N) is 1. The van der Waals surface area contributed by atoms with E-state index in [2.05, 4.69) is 4.98 Å². The van der Waals surface area contributed by atoms with Crippen molar-refractivity contribution in [2.45, 2.75) is 19.8 Å². The third-order valence-electron chi connectivity index (χ3n) is 2.27. The molecule has 0 aliphatic rings. The van der Waals surface area contributed by atoms with Crippen molar-refractivity contribution >= 4 is 22.9 Å². The van der Waals surface area contributed by atoms with E-state index >= 15 is 0 Å². The summed E-state index contributed by atoms with van der Waals surface area (Å²) >= 11 is 7.74. The van der Waals surface area contributed by atoms with E-state index in [1.807, 2.05) is 12.3 Å². The van der Waals surface area contributed by atoms with E-state index in [4.69, 9.17) is 21.8 Å². The maximum absolute atomic E-state index is 6.16. The molecule has 0 amide bonds. The van der Waals surface area contributed by atoms with E-state index < -0.39 is 0 Å². The van der Waals surface area contributed by atoms with Crippen LogP contribution in [0.2, 0.25) is 5.02 Å². The fraction of sp³-hybridized carbons (Fsp3) is 0.364. The molecule has 0 radical (unpaired) electrons. The van der Waals surface area contributed by atoms with Crippen LogP contribution in [0.3, 0.4) is 0 Å². The topological polar surface area (TPSA) is 52.0 Å². The van der Waals surface area contributed by atoms with E-state index in [-0.39, 0.29) is 0 Å². The number of nitrogens with two attached hydrogens (primary N) is 1. The third kappa shape index (κ3) is 2.29. The molecule has 0 fully saturated rings. The van der Waals surface area contributed by atoms with Gasteiger partial charge in [-0.05, 0) is 30.8 Å². The summed E-state index contributed by atoms with van der Waals surface area (Å²) in [6.07, 6.45) is 3.39. The number of thiophene rings is 1. The summed E-state index contributed by atoms with van der Waals surface area (Å²) < 4.78 is 5.63. The number of halogens is 1. The Morgan fingerprint density at radius 2 is 2.38 bits per heavy atom. The van der Waals surface area contributed by atoms with E-state index in [1.54, 1.807) is 17.5 Å². The predicted molar refractivity (Wildman–Crippen MR) is 66.9 cm³/mol. The molecule has 0 saturated heterocycles. The molecule has 2 rings (SSSR count). The number of hydrogen-bond acceptors (Lipinski definition) is 4. The highest BCUT2D eigenvalue weighted by Gasteiger charge is 2.13. The first-order chi connectivity index (χ1) is 7.72. The number of oxazole rings is 1. The van der Waals surface area contributed by atoms with Gasteiger partial charge in [0.1, 0.15) is 0 Å². The number of aromatic nitrogens is 1. The van der Waals surface area contributed by atoms with Gasteiger partial charge in [0, 0.05) is 6.42 Å². The van der Waals surface area contributed by atoms with Gasteiger partial charge in [-0.3, -0.25) is 0 Å². The summed E-state index contributed by atoms with van der Waals surface area (Å²) in [5.41, 5.74) is 6.50. The van der Waals surface area contributed by atoms with Crippen LogP contribution in [0.5, 0.6) is 0 Å². The molecule has 0 aliphatic heterocycles. The van der Waals surface area contributed by atoms with Crippen molar-refractivity contribution in [2.24, 2.45) is 5.73 Å². The van der Waals surface area contributed by atoms with Crippen LogP contribution in [0.1, 0.15) is 17.9 Å². The van der Waals surface area contributed by atoms with Crippen LogP contribution >= 0.6 is 22.9 Å². The summed E-state index contributed by atoms with van der Waals surface area (Å²) in [5, 5.41) is 2.77. The smallest absolute Gasteiger partial charge is 0.194 e. The quantitative estimate of drug-likeness (QED) is 0.914. The zero-order valence-corrected chi connectivity index (χ0v) is 10.6. The highest BCUT2D eigenvalue weighted by molar-refractivity contribution is 7.14. The van der Waals surface area contributed by atoms with Gasteiger partial charge in [-0.2, -0.15) is 0 Å². The van der Waals surface area contributed by atoms with Gasteiger partial charge in [0.15, 0.2) is 11.7 Å². The molecule has 2 N–H and O–H groups in total. The minimum Gasteiger partial charge on any atom is -0.440 e. The van der Waals surface area contributed by atoms with Gasteiger partial charge in [-0.1, -0.05) is 11.6 Å². The van der Waals surface area contributed by atoms with Crippen molar-refractivity contribution in [1.29, 1.82) is 0 Å². The fourth-order valence-corrected chi connectivity index (χ4v) is 2.61. The first-order valence-corrected chi connectivity index (χ1v) is 6.37. The van der Waals surface area contributed by atoms with E-state index in [0.717, 1.165) is 40.0 Å². The van der Waals surface area contributed by atoms with Gasteiger partial charge in [0.05, 0.1) is 16.1 Å². The van der Waals surface area contributed by atoms with Crippen molar-refractivity contribution < 1.29 is 4.42 Å². The van der Waals surface area contributed by atoms with E-state index in [0.29, 0.717) is 6.54 Å². The zero-order chi connectivity index (χ0) is 11.5. The lowest BCUT2D eigenvalue weighted by Gasteiger charge is -1.94. The van der Waals surface area contributed by atoms with Crippen molar-refractivity contribution in [3.05, 3.63) is 28.1 Å². The summed E-state index contributed by atoms with van der Waals surface area (Å²) in [5.74, 6) is 1.47. The van der Waals surface area contributed by atoms with Crippen LogP contribution in [0.15, 0.2) is 16.0 Å². The fourth-order valence-electron chi connectivity index (χ4n) is 1.38. The van der Waals surface area contributed by atoms with Crippen LogP contribution in [-0.4, -0.2) is 11.5 Å². The van der Waals surface area contributed by atoms with Crippen LogP contribution in [0.25, 0.3) is 10.6 Å². The standard InChI is InChI=1S/C11H13ClN2OS/c1-7-6-16-11(10(7)12)8-5-14-9(15-8)3-2-4-13/h5-6H,2-4,13H2,1H3. The highest BCUT2D eigenvalue weighted by atomic mass is 35.5.